The summed E-state index contributed by atoms with van der Waals surface area (Å²) in [5, 5.41) is 0. The summed E-state index contributed by atoms with van der Waals surface area (Å²) in [5.41, 5.74) is 1.30. The van der Waals surface area contributed by atoms with Gasteiger partial charge in [0.1, 0.15) is 5.75 Å². The molecular weight excluding hydrogens is 250 g/mol. The second kappa shape index (κ2) is 5.18. The number of halogens is 2. The Kier molecular flexibility index (Phi) is 3.60. The minimum Gasteiger partial charge on any atom is -0.454 e. The third-order valence-corrected chi connectivity index (χ3v) is 2.72. The molecule has 0 spiro atoms. The molecule has 0 aliphatic rings. The Morgan fingerprint density at radius 1 is 1.16 bits per heavy atom. The zero-order valence-corrected chi connectivity index (χ0v) is 10.5. The highest BCUT2D eigenvalue weighted by atomic mass is 19.2. The van der Waals surface area contributed by atoms with Gasteiger partial charge in [0.15, 0.2) is 17.3 Å². The molecule has 0 atom stereocenters. The lowest BCUT2D eigenvalue weighted by molar-refractivity contribution is 0.101. The van der Waals surface area contributed by atoms with Crippen LogP contribution in [0.4, 0.5) is 8.78 Å². The first-order valence-electron chi connectivity index (χ1n) is 5.72. The Labute approximate surface area is 109 Å². The van der Waals surface area contributed by atoms with Crippen LogP contribution in [0.25, 0.3) is 0 Å². The Morgan fingerprint density at radius 2 is 1.89 bits per heavy atom. The maximum atomic E-state index is 13.4. The fraction of sp³-hybridized carbons (Fsp3) is 0.133. The summed E-state index contributed by atoms with van der Waals surface area (Å²) in [6.45, 7) is 3.22. The number of carbonyl (C=O) groups excluding carboxylic acids is 1. The molecule has 0 aliphatic carbocycles. The second-order valence-corrected chi connectivity index (χ2v) is 4.19. The average Bonchev–Trinajstić information content (AvgIpc) is 2.34. The van der Waals surface area contributed by atoms with E-state index >= 15 is 0 Å². The molecule has 0 saturated heterocycles. The van der Waals surface area contributed by atoms with Gasteiger partial charge in [0.25, 0.3) is 0 Å². The van der Waals surface area contributed by atoms with Crippen LogP contribution in [0.1, 0.15) is 22.8 Å². The maximum Gasteiger partial charge on any atom is 0.201 e. The number of hydrogen-bond donors (Lipinski definition) is 0. The Balaban J connectivity index is 2.32. The van der Waals surface area contributed by atoms with Gasteiger partial charge in [0.2, 0.25) is 5.82 Å². The molecule has 0 aromatic heterocycles. The average molecular weight is 262 g/mol. The topological polar surface area (TPSA) is 26.3 Å². The lowest BCUT2D eigenvalue weighted by Crippen LogP contribution is -1.97. The molecule has 4 heteroatoms. The van der Waals surface area contributed by atoms with Gasteiger partial charge in [-0.15, -0.1) is 0 Å². The van der Waals surface area contributed by atoms with Crippen molar-refractivity contribution in [1.82, 2.24) is 0 Å². The molecule has 0 saturated carbocycles. The molecule has 0 fully saturated rings. The van der Waals surface area contributed by atoms with E-state index in [-0.39, 0.29) is 11.5 Å². The van der Waals surface area contributed by atoms with E-state index < -0.39 is 11.6 Å². The van der Waals surface area contributed by atoms with Gasteiger partial charge in [0.05, 0.1) is 0 Å². The van der Waals surface area contributed by atoms with Gasteiger partial charge in [-0.1, -0.05) is 6.07 Å². The van der Waals surface area contributed by atoms with E-state index in [1.54, 1.807) is 25.1 Å². The molecule has 0 N–H and O–H groups in total. The molecule has 19 heavy (non-hydrogen) atoms. The van der Waals surface area contributed by atoms with E-state index in [4.69, 9.17) is 4.74 Å². The molecule has 0 heterocycles. The number of ketones is 1. The first-order chi connectivity index (χ1) is 8.99. The van der Waals surface area contributed by atoms with Gasteiger partial charge in [-0.05, 0) is 49.7 Å². The Hall–Kier alpha value is -2.23. The highest BCUT2D eigenvalue weighted by Gasteiger charge is 2.11. The van der Waals surface area contributed by atoms with Crippen molar-refractivity contribution in [3.8, 4) is 11.5 Å². The van der Waals surface area contributed by atoms with Crippen LogP contribution in [0.5, 0.6) is 11.5 Å². The quantitative estimate of drug-likeness (QED) is 0.772. The van der Waals surface area contributed by atoms with Crippen molar-refractivity contribution in [2.24, 2.45) is 0 Å². The van der Waals surface area contributed by atoms with E-state index in [9.17, 15) is 13.6 Å². The molecule has 0 aliphatic heterocycles. The van der Waals surface area contributed by atoms with Gasteiger partial charge in [-0.3, -0.25) is 4.79 Å². The smallest absolute Gasteiger partial charge is 0.201 e. The number of hydrogen-bond acceptors (Lipinski definition) is 2. The third kappa shape index (κ3) is 2.78. The standard InChI is InChI=1S/C15H12F2O2/c1-9-8-11(6-7-12(9)10(2)18)19-14-5-3-4-13(16)15(14)17/h3-8H,1-2H3. The summed E-state index contributed by atoms with van der Waals surface area (Å²) in [6.07, 6.45) is 0. The summed E-state index contributed by atoms with van der Waals surface area (Å²) in [6, 6.07) is 8.49. The summed E-state index contributed by atoms with van der Waals surface area (Å²) in [4.78, 5) is 11.3. The van der Waals surface area contributed by atoms with Crippen LogP contribution in [0.3, 0.4) is 0 Å². The van der Waals surface area contributed by atoms with Crippen LogP contribution < -0.4 is 4.74 Å². The number of ether oxygens (including phenoxy) is 1. The Morgan fingerprint density at radius 3 is 2.53 bits per heavy atom. The van der Waals surface area contributed by atoms with Crippen molar-refractivity contribution < 1.29 is 18.3 Å². The summed E-state index contributed by atoms with van der Waals surface area (Å²) >= 11 is 0. The number of carbonyl (C=O) groups is 1. The highest BCUT2D eigenvalue weighted by molar-refractivity contribution is 5.95. The first kappa shape index (κ1) is 13.2. The van der Waals surface area contributed by atoms with Crippen molar-refractivity contribution >= 4 is 5.78 Å². The van der Waals surface area contributed by atoms with Crippen LogP contribution in [0.15, 0.2) is 36.4 Å². The van der Waals surface area contributed by atoms with Crippen molar-refractivity contribution in [2.45, 2.75) is 13.8 Å². The molecule has 0 amide bonds. The highest BCUT2D eigenvalue weighted by Crippen LogP contribution is 2.27. The normalized spacial score (nSPS) is 10.3. The monoisotopic (exact) mass is 262 g/mol. The van der Waals surface area contributed by atoms with Gasteiger partial charge in [-0.25, -0.2) is 4.39 Å². The van der Waals surface area contributed by atoms with Crippen LogP contribution in [0, 0.1) is 18.6 Å². The summed E-state index contributed by atoms with van der Waals surface area (Å²) < 4.78 is 31.8. The molecule has 98 valence electrons. The summed E-state index contributed by atoms with van der Waals surface area (Å²) in [5.74, 6) is -1.88. The first-order valence-corrected chi connectivity index (χ1v) is 5.72. The van der Waals surface area contributed by atoms with Crippen LogP contribution in [0.2, 0.25) is 0 Å². The third-order valence-electron chi connectivity index (χ3n) is 2.72. The van der Waals surface area contributed by atoms with Crippen molar-refractivity contribution in [3.05, 3.63) is 59.2 Å². The molecule has 0 radical (unpaired) electrons. The van der Waals surface area contributed by atoms with E-state index in [1.165, 1.54) is 19.1 Å². The van der Waals surface area contributed by atoms with Crippen molar-refractivity contribution in [2.75, 3.05) is 0 Å². The predicted molar refractivity (Wildman–Crippen MR) is 67.6 cm³/mol. The number of benzene rings is 2. The van der Waals surface area contributed by atoms with Crippen molar-refractivity contribution in [3.63, 3.8) is 0 Å². The zero-order valence-electron chi connectivity index (χ0n) is 10.5. The second-order valence-electron chi connectivity index (χ2n) is 4.19. The van der Waals surface area contributed by atoms with E-state index in [2.05, 4.69) is 0 Å². The number of rotatable bonds is 3. The predicted octanol–water partition coefficient (Wildman–Crippen LogP) is 4.27. The van der Waals surface area contributed by atoms with Crippen molar-refractivity contribution in [1.29, 1.82) is 0 Å². The molecule has 0 unspecified atom stereocenters. The number of Topliss-reactive ketones (excluding diaryl/α,β-unsaturated/α-hetero) is 1. The van der Waals surface area contributed by atoms with E-state index in [0.29, 0.717) is 11.3 Å². The molecule has 0 bridgehead atoms. The van der Waals surface area contributed by atoms with E-state index in [1.807, 2.05) is 0 Å². The zero-order chi connectivity index (χ0) is 14.0. The van der Waals surface area contributed by atoms with E-state index in [0.717, 1.165) is 11.6 Å². The number of aryl methyl sites for hydroxylation is 1. The lowest BCUT2D eigenvalue weighted by atomic mass is 10.1. The van der Waals surface area contributed by atoms with Crippen LogP contribution in [-0.4, -0.2) is 5.78 Å². The van der Waals surface area contributed by atoms with Crippen LogP contribution in [-0.2, 0) is 0 Å². The maximum absolute atomic E-state index is 13.4. The summed E-state index contributed by atoms with van der Waals surface area (Å²) in [7, 11) is 0. The molecule has 2 aromatic rings. The minimum absolute atomic E-state index is 0.0546. The largest absolute Gasteiger partial charge is 0.454 e. The van der Waals surface area contributed by atoms with Gasteiger partial charge in [-0.2, -0.15) is 4.39 Å². The van der Waals surface area contributed by atoms with Gasteiger partial charge >= 0.3 is 0 Å². The Bertz CT molecular complexity index is 636. The SMILES string of the molecule is CC(=O)c1ccc(Oc2cccc(F)c2F)cc1C. The molecular formula is C15H12F2O2. The van der Waals surface area contributed by atoms with Crippen LogP contribution >= 0.6 is 0 Å². The minimum atomic E-state index is -1.03. The fourth-order valence-electron chi connectivity index (χ4n) is 1.78. The molecule has 2 nitrogen and oxygen atoms in total. The lowest BCUT2D eigenvalue weighted by Gasteiger charge is -2.09. The molecule has 2 aromatic carbocycles. The fourth-order valence-corrected chi connectivity index (χ4v) is 1.78. The van der Waals surface area contributed by atoms with Gasteiger partial charge < -0.3 is 4.74 Å². The van der Waals surface area contributed by atoms with Gasteiger partial charge in [0, 0.05) is 5.56 Å². The molecule has 2 rings (SSSR count).